The second-order valence-electron chi connectivity index (χ2n) is 7.30. The molecule has 2 aromatic heterocycles. The van der Waals surface area contributed by atoms with Crippen molar-refractivity contribution in [3.8, 4) is 16.3 Å². The molecule has 0 saturated heterocycles. The van der Waals surface area contributed by atoms with Gasteiger partial charge in [0.25, 0.3) is 0 Å². The second kappa shape index (κ2) is 10.3. The lowest BCUT2D eigenvalue weighted by molar-refractivity contribution is 0.289. The lowest BCUT2D eigenvalue weighted by atomic mass is 10.1. The largest absolute Gasteiger partial charge is 0.486 e. The minimum absolute atomic E-state index is 0.316. The highest BCUT2D eigenvalue weighted by Crippen LogP contribution is 2.28. The molecule has 164 valence electrons. The number of hydrogen-bond acceptors (Lipinski definition) is 6. The highest BCUT2D eigenvalue weighted by atomic mass is 35.5. The van der Waals surface area contributed by atoms with Crippen LogP contribution in [0.3, 0.4) is 0 Å². The Kier molecular flexibility index (Phi) is 7.29. The number of aryl methyl sites for hydroxylation is 2. The minimum Gasteiger partial charge on any atom is -0.486 e. The number of aromatic nitrogens is 4. The summed E-state index contributed by atoms with van der Waals surface area (Å²) in [6, 6.07) is 14.0. The van der Waals surface area contributed by atoms with Crippen LogP contribution in [0.25, 0.3) is 10.6 Å². The van der Waals surface area contributed by atoms with Gasteiger partial charge in [-0.05, 0) is 43.7 Å². The van der Waals surface area contributed by atoms with E-state index >= 15 is 0 Å². The van der Waals surface area contributed by atoms with Crippen molar-refractivity contribution >= 4 is 34.7 Å². The summed E-state index contributed by atoms with van der Waals surface area (Å²) in [4.78, 5) is 4.80. The van der Waals surface area contributed by atoms with Gasteiger partial charge in [-0.25, -0.2) is 4.98 Å². The molecule has 0 amide bonds. The smallest absolute Gasteiger partial charge is 0.191 e. The molecule has 2 heterocycles. The summed E-state index contributed by atoms with van der Waals surface area (Å²) in [5.74, 6) is 2.22. The molecule has 0 N–H and O–H groups in total. The van der Waals surface area contributed by atoms with Crippen LogP contribution in [0.4, 0.5) is 0 Å². The molecular weight excluding hydrogens is 460 g/mol. The standard InChI is InChI=1S/C24H23ClN4OS2/c1-4-10-29-22(13-30-20-8-9-21(25)17(3)12-20)27-28-24(29)32-15-19-14-31-23(26-19)18-7-5-6-16(2)11-18/h4-9,11-12,14H,1,10,13,15H2,2-3H3. The van der Waals surface area contributed by atoms with E-state index in [1.54, 1.807) is 23.1 Å². The van der Waals surface area contributed by atoms with Gasteiger partial charge in [-0.1, -0.05) is 53.2 Å². The molecule has 0 aliphatic carbocycles. The van der Waals surface area contributed by atoms with Crippen molar-refractivity contribution in [1.82, 2.24) is 19.7 Å². The van der Waals surface area contributed by atoms with E-state index in [0.29, 0.717) is 13.2 Å². The number of hydrogen-bond donors (Lipinski definition) is 0. The zero-order valence-electron chi connectivity index (χ0n) is 17.9. The Morgan fingerprint density at radius 2 is 2.06 bits per heavy atom. The van der Waals surface area contributed by atoms with Crippen LogP contribution in [0.2, 0.25) is 5.02 Å². The van der Waals surface area contributed by atoms with Crippen molar-refractivity contribution in [2.24, 2.45) is 0 Å². The first-order chi connectivity index (χ1) is 15.5. The van der Waals surface area contributed by atoms with Crippen LogP contribution >= 0.6 is 34.7 Å². The number of benzene rings is 2. The molecule has 8 heteroatoms. The van der Waals surface area contributed by atoms with Gasteiger partial charge >= 0.3 is 0 Å². The van der Waals surface area contributed by atoms with Crippen LogP contribution in [0.1, 0.15) is 22.6 Å². The van der Waals surface area contributed by atoms with Crippen molar-refractivity contribution in [3.63, 3.8) is 0 Å². The summed E-state index contributed by atoms with van der Waals surface area (Å²) in [6.07, 6.45) is 1.84. The first-order valence-corrected chi connectivity index (χ1v) is 12.3. The third-order valence-electron chi connectivity index (χ3n) is 4.77. The quantitative estimate of drug-likeness (QED) is 0.195. The molecule has 4 aromatic rings. The SMILES string of the molecule is C=CCn1c(COc2ccc(Cl)c(C)c2)nnc1SCc1csc(-c2cccc(C)c2)n1. The molecular formula is C24H23ClN4OS2. The van der Waals surface area contributed by atoms with Crippen LogP contribution in [0.15, 0.2) is 65.7 Å². The van der Waals surface area contributed by atoms with Crippen LogP contribution in [0.5, 0.6) is 5.75 Å². The van der Waals surface area contributed by atoms with Gasteiger partial charge in [-0.2, -0.15) is 0 Å². The fourth-order valence-corrected chi connectivity index (χ4v) is 5.02. The molecule has 0 bridgehead atoms. The number of ether oxygens (including phenoxy) is 1. The highest BCUT2D eigenvalue weighted by molar-refractivity contribution is 7.98. The average Bonchev–Trinajstić information content (AvgIpc) is 3.41. The molecule has 2 aromatic carbocycles. The van der Waals surface area contributed by atoms with Gasteiger partial charge in [-0.15, -0.1) is 28.1 Å². The Bertz CT molecular complexity index is 1230. The van der Waals surface area contributed by atoms with Gasteiger partial charge in [0.15, 0.2) is 11.0 Å². The number of nitrogens with zero attached hydrogens (tertiary/aromatic N) is 4. The van der Waals surface area contributed by atoms with Crippen molar-refractivity contribution in [2.45, 2.75) is 37.9 Å². The van der Waals surface area contributed by atoms with Crippen LogP contribution in [-0.4, -0.2) is 19.7 Å². The molecule has 0 aliphatic heterocycles. The maximum absolute atomic E-state index is 6.10. The first-order valence-electron chi connectivity index (χ1n) is 10.1. The molecule has 0 fully saturated rings. The van der Waals surface area contributed by atoms with Gasteiger partial charge < -0.3 is 4.74 Å². The normalized spacial score (nSPS) is 11.0. The van der Waals surface area contributed by atoms with Crippen molar-refractivity contribution < 1.29 is 4.74 Å². The third-order valence-corrected chi connectivity index (χ3v) is 7.13. The second-order valence-corrected chi connectivity index (χ2v) is 9.51. The van der Waals surface area contributed by atoms with E-state index in [1.807, 2.05) is 35.8 Å². The summed E-state index contributed by atoms with van der Waals surface area (Å²) in [5.41, 5.74) is 4.38. The van der Waals surface area contributed by atoms with Gasteiger partial charge in [0, 0.05) is 28.3 Å². The third kappa shape index (κ3) is 5.41. The maximum Gasteiger partial charge on any atom is 0.191 e. The fraction of sp³-hybridized carbons (Fsp3) is 0.208. The van der Waals surface area contributed by atoms with Gasteiger partial charge in [0.05, 0.1) is 5.69 Å². The summed E-state index contributed by atoms with van der Waals surface area (Å²) < 4.78 is 7.94. The number of halogens is 1. The summed E-state index contributed by atoms with van der Waals surface area (Å²) >= 11 is 9.37. The zero-order chi connectivity index (χ0) is 22.5. The van der Waals surface area contributed by atoms with Crippen LogP contribution in [-0.2, 0) is 18.9 Å². The molecule has 0 atom stereocenters. The van der Waals surface area contributed by atoms with E-state index in [4.69, 9.17) is 21.3 Å². The Morgan fingerprint density at radius 1 is 1.19 bits per heavy atom. The van der Waals surface area contributed by atoms with E-state index in [2.05, 4.69) is 53.3 Å². The van der Waals surface area contributed by atoms with Gasteiger partial charge in [0.1, 0.15) is 17.4 Å². The monoisotopic (exact) mass is 482 g/mol. The van der Waals surface area contributed by atoms with E-state index in [1.165, 1.54) is 5.56 Å². The fourth-order valence-electron chi connectivity index (χ4n) is 3.12. The number of rotatable bonds is 9. The minimum atomic E-state index is 0.316. The lowest BCUT2D eigenvalue weighted by Crippen LogP contribution is -2.07. The average molecular weight is 483 g/mol. The molecule has 0 spiro atoms. The highest BCUT2D eigenvalue weighted by Gasteiger charge is 2.14. The predicted octanol–water partition coefficient (Wildman–Crippen LogP) is 6.73. The molecule has 0 saturated carbocycles. The number of allylic oxidation sites excluding steroid dienone is 1. The van der Waals surface area contributed by atoms with Crippen molar-refractivity contribution in [3.05, 3.63) is 88.2 Å². The zero-order valence-corrected chi connectivity index (χ0v) is 20.3. The van der Waals surface area contributed by atoms with E-state index < -0.39 is 0 Å². The van der Waals surface area contributed by atoms with Crippen LogP contribution in [0, 0.1) is 13.8 Å². The van der Waals surface area contributed by atoms with E-state index in [0.717, 1.165) is 49.3 Å². The summed E-state index contributed by atoms with van der Waals surface area (Å²) in [6.45, 7) is 8.84. The Balaban J connectivity index is 1.43. The first kappa shape index (κ1) is 22.6. The van der Waals surface area contributed by atoms with Gasteiger partial charge in [-0.3, -0.25) is 4.57 Å². The maximum atomic E-state index is 6.10. The van der Waals surface area contributed by atoms with E-state index in [9.17, 15) is 0 Å². The van der Waals surface area contributed by atoms with Gasteiger partial charge in [0.2, 0.25) is 0 Å². The Hall–Kier alpha value is -2.61. The van der Waals surface area contributed by atoms with Crippen molar-refractivity contribution in [2.75, 3.05) is 0 Å². The Morgan fingerprint density at radius 3 is 2.84 bits per heavy atom. The topological polar surface area (TPSA) is 52.8 Å². The van der Waals surface area contributed by atoms with Crippen LogP contribution < -0.4 is 4.74 Å². The van der Waals surface area contributed by atoms with E-state index in [-0.39, 0.29) is 0 Å². The number of thioether (sulfide) groups is 1. The molecule has 5 nitrogen and oxygen atoms in total. The predicted molar refractivity (Wildman–Crippen MR) is 133 cm³/mol. The Labute approximate surface area is 201 Å². The number of thiazole rings is 1. The summed E-state index contributed by atoms with van der Waals surface area (Å²) in [7, 11) is 0. The molecule has 0 unspecified atom stereocenters. The molecule has 0 aliphatic rings. The van der Waals surface area contributed by atoms with Crippen molar-refractivity contribution in [1.29, 1.82) is 0 Å². The lowest BCUT2D eigenvalue weighted by Gasteiger charge is -2.09. The summed E-state index contributed by atoms with van der Waals surface area (Å²) in [5, 5.41) is 13.4. The molecule has 4 rings (SSSR count). The molecule has 0 radical (unpaired) electrons. The molecule has 32 heavy (non-hydrogen) atoms.